The number of esters is 1. The predicted molar refractivity (Wildman–Crippen MR) is 203 cm³/mol. The van der Waals surface area contributed by atoms with Crippen LogP contribution in [0.5, 0.6) is 11.5 Å². The minimum atomic E-state index is -5.71. The average molecular weight is 828 g/mol. The van der Waals surface area contributed by atoms with E-state index in [1.807, 2.05) is 42.5 Å². The SMILES string of the molecule is COc1cc(F)c(OC2CCC(C(=O)OCc3cccc4ccccc34)CC2)cc1C(=O)NC1CCN(C(C)=O)CC1C(=O)Nc1cccc(S(=O)(=O)C(F)(F)F)c1. The maximum absolute atomic E-state index is 15.3. The number of carbonyl (C=O) groups excluding carboxylic acids is 4. The molecule has 4 aromatic carbocycles. The first-order chi connectivity index (χ1) is 27.5. The van der Waals surface area contributed by atoms with Crippen LogP contribution in [0.1, 0.15) is 54.9 Å². The van der Waals surface area contributed by atoms with Gasteiger partial charge in [0.05, 0.1) is 35.5 Å². The van der Waals surface area contributed by atoms with E-state index < -0.39 is 55.9 Å². The fourth-order valence-corrected chi connectivity index (χ4v) is 8.09. The van der Waals surface area contributed by atoms with Crippen molar-refractivity contribution in [2.75, 3.05) is 25.5 Å². The lowest BCUT2D eigenvalue weighted by atomic mass is 9.87. The Bertz CT molecular complexity index is 2310. The molecule has 2 aliphatic rings. The van der Waals surface area contributed by atoms with Crippen LogP contribution in [-0.2, 0) is 35.6 Å². The van der Waals surface area contributed by atoms with Gasteiger partial charge in [0.15, 0.2) is 11.6 Å². The van der Waals surface area contributed by atoms with E-state index in [0.29, 0.717) is 31.7 Å². The molecule has 1 heterocycles. The fraction of sp³-hybridized carbons (Fsp3) is 0.366. The molecule has 308 valence electrons. The van der Waals surface area contributed by atoms with Gasteiger partial charge in [0, 0.05) is 37.8 Å². The monoisotopic (exact) mass is 827 g/mol. The molecule has 0 spiro atoms. The van der Waals surface area contributed by atoms with Crippen molar-refractivity contribution in [2.24, 2.45) is 11.8 Å². The van der Waals surface area contributed by atoms with Gasteiger partial charge in [-0.25, -0.2) is 12.8 Å². The molecule has 58 heavy (non-hydrogen) atoms. The second-order valence-electron chi connectivity index (χ2n) is 14.2. The quantitative estimate of drug-likeness (QED) is 0.126. The number of anilines is 1. The zero-order chi connectivity index (χ0) is 41.8. The number of hydrogen-bond donors (Lipinski definition) is 2. The minimum Gasteiger partial charge on any atom is -0.496 e. The first-order valence-corrected chi connectivity index (χ1v) is 20.0. The number of nitrogens with one attached hydrogen (secondary N) is 2. The number of piperidine rings is 1. The van der Waals surface area contributed by atoms with E-state index in [-0.39, 0.29) is 66.7 Å². The molecule has 0 radical (unpaired) electrons. The summed E-state index contributed by atoms with van der Waals surface area (Å²) in [6.07, 6.45) is 1.32. The Morgan fingerprint density at radius 1 is 0.879 bits per heavy atom. The van der Waals surface area contributed by atoms with Crippen molar-refractivity contribution in [3.63, 3.8) is 0 Å². The minimum absolute atomic E-state index is 0.0897. The first kappa shape index (κ1) is 41.9. The zero-order valence-corrected chi connectivity index (χ0v) is 32.3. The van der Waals surface area contributed by atoms with Gasteiger partial charge in [-0.1, -0.05) is 48.5 Å². The first-order valence-electron chi connectivity index (χ1n) is 18.5. The number of benzene rings is 4. The second-order valence-corrected chi connectivity index (χ2v) is 16.2. The van der Waals surface area contributed by atoms with Crippen LogP contribution in [0.3, 0.4) is 0 Å². The third-order valence-electron chi connectivity index (χ3n) is 10.5. The number of amides is 3. The van der Waals surface area contributed by atoms with Crippen LogP contribution in [0.2, 0.25) is 0 Å². The Balaban J connectivity index is 1.11. The lowest BCUT2D eigenvalue weighted by Crippen LogP contribution is -2.55. The number of sulfone groups is 1. The summed E-state index contributed by atoms with van der Waals surface area (Å²) in [5.74, 6) is -4.94. The summed E-state index contributed by atoms with van der Waals surface area (Å²) in [5.41, 5.74) is -5.05. The largest absolute Gasteiger partial charge is 0.501 e. The molecule has 1 saturated heterocycles. The number of carbonyl (C=O) groups is 4. The lowest BCUT2D eigenvalue weighted by molar-refractivity contribution is -0.151. The Morgan fingerprint density at radius 3 is 2.29 bits per heavy atom. The highest BCUT2D eigenvalue weighted by molar-refractivity contribution is 7.92. The summed E-state index contributed by atoms with van der Waals surface area (Å²) >= 11 is 0. The molecule has 2 atom stereocenters. The topological polar surface area (TPSA) is 157 Å². The van der Waals surface area contributed by atoms with Gasteiger partial charge in [-0.15, -0.1) is 0 Å². The lowest BCUT2D eigenvalue weighted by Gasteiger charge is -2.37. The number of rotatable bonds is 11. The summed E-state index contributed by atoms with van der Waals surface area (Å²) in [5, 5.41) is 7.20. The van der Waals surface area contributed by atoms with E-state index in [2.05, 4.69) is 10.6 Å². The number of methoxy groups -OCH3 is 1. The molecule has 1 aliphatic heterocycles. The van der Waals surface area contributed by atoms with Crippen LogP contribution in [0, 0.1) is 17.7 Å². The van der Waals surface area contributed by atoms with Crippen molar-refractivity contribution in [2.45, 2.75) is 68.2 Å². The highest BCUT2D eigenvalue weighted by Crippen LogP contribution is 2.35. The summed E-state index contributed by atoms with van der Waals surface area (Å²) in [7, 11) is -4.47. The van der Waals surface area contributed by atoms with E-state index in [4.69, 9.17) is 14.2 Å². The van der Waals surface area contributed by atoms with Crippen LogP contribution < -0.4 is 20.1 Å². The van der Waals surface area contributed by atoms with Gasteiger partial charge in [0.2, 0.25) is 11.8 Å². The third-order valence-corrected chi connectivity index (χ3v) is 12.0. The van der Waals surface area contributed by atoms with E-state index in [9.17, 15) is 40.8 Å². The van der Waals surface area contributed by atoms with Crippen molar-refractivity contribution in [3.8, 4) is 11.5 Å². The van der Waals surface area contributed by atoms with Crippen LogP contribution >= 0.6 is 0 Å². The van der Waals surface area contributed by atoms with Crippen molar-refractivity contribution >= 4 is 50.0 Å². The molecule has 1 aliphatic carbocycles. The molecule has 6 rings (SSSR count). The highest BCUT2D eigenvalue weighted by atomic mass is 32.2. The standard InChI is InChI=1S/C41H41F4N3O9S/c1-24(49)48-18-17-35(33(22-48)39(51)46-28-10-6-11-30(19-28)58(53,54)41(43,44)45)47-38(50)32-20-37(34(42)21-36(32)55-2)57-29-15-13-26(14-16-29)40(52)56-23-27-9-5-8-25-7-3-4-12-31(25)27/h3-12,19-21,26,29,33,35H,13-18,22-23H2,1-2H3,(H,46,51)(H,47,50). The van der Waals surface area contributed by atoms with Gasteiger partial charge in [-0.05, 0) is 72.7 Å². The van der Waals surface area contributed by atoms with Gasteiger partial charge in [-0.3, -0.25) is 19.2 Å². The molecule has 4 aromatic rings. The van der Waals surface area contributed by atoms with Crippen LogP contribution in [0.4, 0.5) is 23.2 Å². The Labute approximate surface area is 331 Å². The van der Waals surface area contributed by atoms with Gasteiger partial charge in [0.25, 0.3) is 15.7 Å². The number of hydrogen-bond acceptors (Lipinski definition) is 9. The normalized spacial score (nSPS) is 19.9. The van der Waals surface area contributed by atoms with E-state index in [1.165, 1.54) is 31.1 Å². The van der Waals surface area contributed by atoms with Crippen molar-refractivity contribution in [1.29, 1.82) is 0 Å². The zero-order valence-electron chi connectivity index (χ0n) is 31.5. The number of halogens is 4. The second kappa shape index (κ2) is 17.4. The molecule has 0 aromatic heterocycles. The van der Waals surface area contributed by atoms with E-state index >= 15 is 4.39 Å². The van der Waals surface area contributed by atoms with E-state index in [1.54, 1.807) is 0 Å². The van der Waals surface area contributed by atoms with Crippen LogP contribution in [-0.4, -0.2) is 74.9 Å². The Hall–Kier alpha value is -5.71. The molecular formula is C41H41F4N3O9S. The average Bonchev–Trinajstić information content (AvgIpc) is 3.20. The number of alkyl halides is 3. The molecule has 2 N–H and O–H groups in total. The molecule has 12 nitrogen and oxygen atoms in total. The predicted octanol–water partition coefficient (Wildman–Crippen LogP) is 6.57. The number of nitrogens with zero attached hydrogens (tertiary/aromatic N) is 1. The van der Waals surface area contributed by atoms with Gasteiger partial charge in [0.1, 0.15) is 12.4 Å². The number of fused-ring (bicyclic) bond motifs is 1. The summed E-state index contributed by atoms with van der Waals surface area (Å²) in [6, 6.07) is 18.5. The van der Waals surface area contributed by atoms with E-state index in [0.717, 1.165) is 34.5 Å². The van der Waals surface area contributed by atoms with Crippen molar-refractivity contribution < 1.29 is 59.4 Å². The summed E-state index contributed by atoms with van der Waals surface area (Å²) in [4.78, 5) is 52.9. The van der Waals surface area contributed by atoms with Gasteiger partial charge in [-0.2, -0.15) is 13.2 Å². The molecule has 1 saturated carbocycles. The maximum Gasteiger partial charge on any atom is 0.501 e. The maximum atomic E-state index is 15.3. The van der Waals surface area contributed by atoms with Crippen LogP contribution in [0.15, 0.2) is 83.8 Å². The molecule has 3 amide bonds. The smallest absolute Gasteiger partial charge is 0.496 e. The Kier molecular flexibility index (Phi) is 12.6. The molecule has 2 unspecified atom stereocenters. The molecule has 0 bridgehead atoms. The summed E-state index contributed by atoms with van der Waals surface area (Å²) in [6.45, 7) is 1.39. The molecule has 17 heteroatoms. The summed E-state index contributed by atoms with van der Waals surface area (Å²) < 4.78 is 95.8. The number of ether oxygens (including phenoxy) is 3. The Morgan fingerprint density at radius 2 is 1.59 bits per heavy atom. The van der Waals surface area contributed by atoms with Crippen molar-refractivity contribution in [3.05, 3.63) is 95.8 Å². The highest BCUT2D eigenvalue weighted by Gasteiger charge is 2.47. The van der Waals surface area contributed by atoms with Crippen molar-refractivity contribution in [1.82, 2.24) is 10.2 Å². The van der Waals surface area contributed by atoms with Gasteiger partial charge >= 0.3 is 11.5 Å². The van der Waals surface area contributed by atoms with Crippen LogP contribution in [0.25, 0.3) is 10.8 Å². The fourth-order valence-electron chi connectivity index (χ4n) is 7.29. The third kappa shape index (κ3) is 9.35. The number of likely N-dealkylation sites (tertiary alicyclic amines) is 1. The molecular weight excluding hydrogens is 787 g/mol. The molecule has 2 fully saturated rings. The van der Waals surface area contributed by atoms with Gasteiger partial charge < -0.3 is 29.7 Å².